The number of hydrogen-bond donors (Lipinski definition) is 1. The minimum atomic E-state index is 0.601. The lowest BCUT2D eigenvalue weighted by Gasteiger charge is -2.10. The molecule has 0 aliphatic heterocycles. The van der Waals surface area contributed by atoms with Gasteiger partial charge in [0, 0.05) is 12.7 Å². The number of rotatable bonds is 5. The molecule has 1 atom stereocenters. The largest absolute Gasteiger partial charge is 0.388 e. The number of anilines is 1. The molecule has 0 aliphatic carbocycles. The molecule has 0 heterocycles. The zero-order valence-corrected chi connectivity index (χ0v) is 19.1. The van der Waals surface area contributed by atoms with Crippen molar-refractivity contribution in [1.29, 1.82) is 0 Å². The first-order chi connectivity index (χ1) is 13.0. The minimum Gasteiger partial charge on any atom is -0.388 e. The molecule has 1 nitrogen and oxygen atoms in total. The van der Waals surface area contributed by atoms with Crippen molar-refractivity contribution in [3.63, 3.8) is 0 Å². The molecule has 152 valence electrons. The Balaban J connectivity index is 0. The molecule has 0 radical (unpaired) electrons. The molecule has 27 heavy (non-hydrogen) atoms. The fraction of sp³-hybridized carbons (Fsp3) is 0.462. The highest BCUT2D eigenvalue weighted by atomic mass is 14.8. The van der Waals surface area contributed by atoms with Crippen LogP contribution in [-0.4, -0.2) is 7.05 Å². The lowest BCUT2D eigenvalue weighted by Crippen LogP contribution is -1.92. The van der Waals surface area contributed by atoms with Gasteiger partial charge in [0.05, 0.1) is 0 Å². The van der Waals surface area contributed by atoms with Crippen LogP contribution in [0.2, 0.25) is 0 Å². The van der Waals surface area contributed by atoms with Crippen LogP contribution in [-0.2, 0) is 6.42 Å². The molecule has 0 bridgehead atoms. The van der Waals surface area contributed by atoms with Crippen LogP contribution >= 0.6 is 0 Å². The van der Waals surface area contributed by atoms with E-state index in [1.807, 2.05) is 20.9 Å². The molecular weight excluding hydrogens is 326 g/mol. The third-order valence-corrected chi connectivity index (χ3v) is 3.65. The van der Waals surface area contributed by atoms with E-state index >= 15 is 0 Å². The summed E-state index contributed by atoms with van der Waals surface area (Å²) in [6.45, 7) is 18.7. The van der Waals surface area contributed by atoms with E-state index in [4.69, 9.17) is 0 Å². The van der Waals surface area contributed by atoms with Gasteiger partial charge in [0.15, 0.2) is 0 Å². The van der Waals surface area contributed by atoms with Crippen LogP contribution in [0, 0.1) is 0 Å². The van der Waals surface area contributed by atoms with Crippen molar-refractivity contribution in [2.45, 2.75) is 73.6 Å². The first-order valence-electron chi connectivity index (χ1n) is 10.4. The number of aryl methyl sites for hydroxylation is 1. The molecule has 1 heteroatoms. The standard InChI is InChI=1S/C12H16.C9H13N.C3H8.C2H6/c1-10(2)9-11(3)12-7-5-4-6-8-12;1-3-8-5-4-6-9(7-8)10-2;1-3-2;1-2/h4-8,11H,1,9H2,2-3H3;4-7,10H,3H2,1-2H3;3H2,1-2H3;1-2H3. The lowest BCUT2D eigenvalue weighted by atomic mass is 9.95. The Morgan fingerprint density at radius 1 is 0.963 bits per heavy atom. The van der Waals surface area contributed by atoms with E-state index in [9.17, 15) is 0 Å². The molecule has 2 rings (SSSR count). The molecular formula is C26H43N. The highest BCUT2D eigenvalue weighted by molar-refractivity contribution is 5.44. The van der Waals surface area contributed by atoms with E-state index in [1.165, 1.54) is 28.8 Å². The van der Waals surface area contributed by atoms with Gasteiger partial charge in [-0.1, -0.05) is 96.0 Å². The Labute approximate surface area is 169 Å². The molecule has 2 aromatic carbocycles. The van der Waals surface area contributed by atoms with Crippen molar-refractivity contribution < 1.29 is 0 Å². The lowest BCUT2D eigenvalue weighted by molar-refractivity contribution is 0.753. The molecule has 0 aliphatic rings. The Morgan fingerprint density at radius 3 is 1.96 bits per heavy atom. The summed E-state index contributed by atoms with van der Waals surface area (Å²) in [6, 6.07) is 19.0. The van der Waals surface area contributed by atoms with Crippen molar-refractivity contribution >= 4 is 5.69 Å². The summed E-state index contributed by atoms with van der Waals surface area (Å²) in [5.74, 6) is 0.601. The van der Waals surface area contributed by atoms with Gasteiger partial charge in [0.2, 0.25) is 0 Å². The Bertz CT molecular complexity index is 553. The SMILES string of the molecule is C=C(C)CC(C)c1ccccc1.CC.CCC.CCc1cccc(NC)c1. The number of hydrogen-bond acceptors (Lipinski definition) is 1. The van der Waals surface area contributed by atoms with E-state index in [-0.39, 0.29) is 0 Å². The minimum absolute atomic E-state index is 0.601. The Hall–Kier alpha value is -2.02. The van der Waals surface area contributed by atoms with Crippen molar-refractivity contribution in [1.82, 2.24) is 0 Å². The van der Waals surface area contributed by atoms with Crippen molar-refractivity contribution in [3.8, 4) is 0 Å². The Kier molecular flexibility index (Phi) is 18.9. The number of allylic oxidation sites excluding steroid dienone is 1. The van der Waals surface area contributed by atoms with Crippen molar-refractivity contribution in [3.05, 3.63) is 77.9 Å². The predicted molar refractivity (Wildman–Crippen MR) is 127 cm³/mol. The monoisotopic (exact) mass is 369 g/mol. The van der Waals surface area contributed by atoms with Crippen molar-refractivity contribution in [2.24, 2.45) is 0 Å². The van der Waals surface area contributed by atoms with Gasteiger partial charge in [-0.15, -0.1) is 6.58 Å². The molecule has 0 spiro atoms. The first-order valence-corrected chi connectivity index (χ1v) is 10.4. The van der Waals surface area contributed by atoms with Crippen LogP contribution in [0.25, 0.3) is 0 Å². The molecule has 0 amide bonds. The third kappa shape index (κ3) is 14.8. The van der Waals surface area contributed by atoms with Gasteiger partial charge >= 0.3 is 0 Å². The molecule has 0 saturated heterocycles. The summed E-state index contributed by atoms with van der Waals surface area (Å²) in [5.41, 5.74) is 5.23. The van der Waals surface area contributed by atoms with Gasteiger partial charge in [-0.25, -0.2) is 0 Å². The predicted octanol–water partition coefficient (Wildman–Crippen LogP) is 8.49. The smallest absolute Gasteiger partial charge is 0.0340 e. The normalized spacial score (nSPS) is 9.93. The quantitative estimate of drug-likeness (QED) is 0.521. The topological polar surface area (TPSA) is 12.0 Å². The molecule has 1 N–H and O–H groups in total. The highest BCUT2D eigenvalue weighted by Gasteiger charge is 2.03. The van der Waals surface area contributed by atoms with Gasteiger partial charge in [-0.3, -0.25) is 0 Å². The fourth-order valence-corrected chi connectivity index (χ4v) is 2.37. The summed E-state index contributed by atoms with van der Waals surface area (Å²) in [5, 5.41) is 3.10. The van der Waals surface area contributed by atoms with Crippen molar-refractivity contribution in [2.75, 3.05) is 12.4 Å². The van der Waals surface area contributed by atoms with Gasteiger partial charge in [-0.2, -0.15) is 0 Å². The Morgan fingerprint density at radius 2 is 1.52 bits per heavy atom. The van der Waals surface area contributed by atoms with E-state index < -0.39 is 0 Å². The van der Waals surface area contributed by atoms with Crippen LogP contribution < -0.4 is 5.32 Å². The van der Waals surface area contributed by atoms with E-state index in [0.29, 0.717) is 5.92 Å². The van der Waals surface area contributed by atoms with Crippen LogP contribution in [0.5, 0.6) is 0 Å². The maximum absolute atomic E-state index is 3.92. The molecule has 0 fully saturated rings. The zero-order chi connectivity index (χ0) is 21.1. The number of nitrogens with one attached hydrogen (secondary N) is 1. The molecule has 0 aromatic heterocycles. The van der Waals surface area contributed by atoms with Crippen LogP contribution in [0.4, 0.5) is 5.69 Å². The zero-order valence-electron chi connectivity index (χ0n) is 19.1. The van der Waals surface area contributed by atoms with Gasteiger partial charge in [0.25, 0.3) is 0 Å². The van der Waals surface area contributed by atoms with E-state index in [0.717, 1.165) is 12.8 Å². The summed E-state index contributed by atoms with van der Waals surface area (Å²) in [7, 11) is 1.94. The first kappa shape index (κ1) is 27.2. The summed E-state index contributed by atoms with van der Waals surface area (Å²) in [6.07, 6.45) is 3.44. The maximum atomic E-state index is 3.92. The van der Waals surface area contributed by atoms with Crippen LogP contribution in [0.1, 0.15) is 78.4 Å². The van der Waals surface area contributed by atoms with Crippen LogP contribution in [0.15, 0.2) is 66.7 Å². The highest BCUT2D eigenvalue weighted by Crippen LogP contribution is 2.21. The maximum Gasteiger partial charge on any atom is 0.0340 e. The van der Waals surface area contributed by atoms with E-state index in [1.54, 1.807) is 0 Å². The second-order valence-corrected chi connectivity index (χ2v) is 6.48. The average Bonchev–Trinajstić information content (AvgIpc) is 2.71. The fourth-order valence-electron chi connectivity index (χ4n) is 2.37. The van der Waals surface area contributed by atoms with Crippen LogP contribution in [0.3, 0.4) is 0 Å². The molecule has 2 aromatic rings. The molecule has 0 saturated carbocycles. The summed E-state index contributed by atoms with van der Waals surface area (Å²) >= 11 is 0. The number of benzene rings is 2. The van der Waals surface area contributed by atoms with E-state index in [2.05, 4.69) is 101 Å². The van der Waals surface area contributed by atoms with Gasteiger partial charge in [0.1, 0.15) is 0 Å². The molecule has 1 unspecified atom stereocenters. The van der Waals surface area contributed by atoms with Gasteiger partial charge < -0.3 is 5.32 Å². The second kappa shape index (κ2) is 18.8. The summed E-state index contributed by atoms with van der Waals surface area (Å²) < 4.78 is 0. The average molecular weight is 370 g/mol. The second-order valence-electron chi connectivity index (χ2n) is 6.48. The summed E-state index contributed by atoms with van der Waals surface area (Å²) in [4.78, 5) is 0. The van der Waals surface area contributed by atoms with Gasteiger partial charge in [-0.05, 0) is 48.9 Å². The third-order valence-electron chi connectivity index (χ3n) is 3.65.